The molecule has 30 heavy (non-hydrogen) atoms. The second-order valence-corrected chi connectivity index (χ2v) is 8.37. The molecule has 0 atom stereocenters. The number of H-pyrrole nitrogens is 1. The summed E-state index contributed by atoms with van der Waals surface area (Å²) in [4.78, 5) is 29.3. The van der Waals surface area contributed by atoms with Crippen molar-refractivity contribution in [2.24, 2.45) is 7.05 Å². The lowest BCUT2D eigenvalue weighted by atomic mass is 9.99. The summed E-state index contributed by atoms with van der Waals surface area (Å²) < 4.78 is 2.21. The molecule has 156 valence electrons. The van der Waals surface area contributed by atoms with Gasteiger partial charge in [-0.15, -0.1) is 0 Å². The van der Waals surface area contributed by atoms with E-state index in [9.17, 15) is 19.8 Å². The Morgan fingerprint density at radius 2 is 1.93 bits per heavy atom. The van der Waals surface area contributed by atoms with E-state index in [4.69, 9.17) is 0 Å². The molecule has 3 aromatic rings. The lowest BCUT2D eigenvalue weighted by Crippen LogP contribution is -2.20. The van der Waals surface area contributed by atoms with Crippen LogP contribution >= 0.6 is 0 Å². The maximum Gasteiger partial charge on any atom is 0.345 e. The Balaban J connectivity index is 1.77. The molecule has 7 heteroatoms. The molecule has 1 aliphatic carbocycles. The van der Waals surface area contributed by atoms with E-state index in [1.807, 2.05) is 6.07 Å². The van der Waals surface area contributed by atoms with Crippen molar-refractivity contribution in [3.05, 3.63) is 50.9 Å². The number of aromatic carboxylic acids is 1. The van der Waals surface area contributed by atoms with Crippen LogP contribution in [0.2, 0.25) is 0 Å². The van der Waals surface area contributed by atoms with E-state index in [0.29, 0.717) is 17.7 Å². The predicted molar refractivity (Wildman–Crippen MR) is 114 cm³/mol. The fraction of sp³-hybridized carbons (Fsp3) is 0.391. The second-order valence-electron chi connectivity index (χ2n) is 8.37. The lowest BCUT2D eigenvalue weighted by Gasteiger charge is -2.16. The molecule has 7 nitrogen and oxygen atoms in total. The molecule has 3 heterocycles. The fourth-order valence-corrected chi connectivity index (χ4v) is 5.24. The Hall–Kier alpha value is -3.06. The third-order valence-electron chi connectivity index (χ3n) is 6.60. The van der Waals surface area contributed by atoms with Crippen molar-refractivity contribution in [3.8, 4) is 17.0 Å². The van der Waals surface area contributed by atoms with E-state index in [0.717, 1.165) is 54.6 Å². The summed E-state index contributed by atoms with van der Waals surface area (Å²) in [6.45, 7) is 3.12. The van der Waals surface area contributed by atoms with Crippen LogP contribution in [0.4, 0.5) is 0 Å². The Labute approximate surface area is 173 Å². The number of benzene rings is 1. The standard InChI is InChI=1S/C23H25N3O4/c1-25-16-9-5-8-15-19(24-22(28)18(21(15)27)23(29)30)17(16)14-7-4-6-13(20(14)25)12-26-10-2-3-11-26/h4,6-7H,2-3,5,8-12H2,1H3,(H,29,30)(H2,24,27,28). The zero-order chi connectivity index (χ0) is 21.0. The molecule has 1 fully saturated rings. The number of pyridine rings is 1. The van der Waals surface area contributed by atoms with Crippen LogP contribution in [0, 0.1) is 0 Å². The summed E-state index contributed by atoms with van der Waals surface area (Å²) in [6.07, 6.45) is 4.55. The highest BCUT2D eigenvalue weighted by Crippen LogP contribution is 2.42. The summed E-state index contributed by atoms with van der Waals surface area (Å²) >= 11 is 0. The van der Waals surface area contributed by atoms with Crippen molar-refractivity contribution in [2.75, 3.05) is 13.1 Å². The Bertz CT molecular complexity index is 1230. The van der Waals surface area contributed by atoms with Crippen molar-refractivity contribution in [1.29, 1.82) is 0 Å². The number of nitrogens with zero attached hydrogens (tertiary/aromatic N) is 2. The number of rotatable bonds is 3. The highest BCUT2D eigenvalue weighted by molar-refractivity contribution is 6.01. The van der Waals surface area contributed by atoms with Crippen LogP contribution in [-0.4, -0.2) is 43.7 Å². The Kier molecular flexibility index (Phi) is 4.43. The highest BCUT2D eigenvalue weighted by Gasteiger charge is 2.29. The molecular weight excluding hydrogens is 382 g/mol. The number of para-hydroxylation sites is 1. The summed E-state index contributed by atoms with van der Waals surface area (Å²) in [6, 6.07) is 6.26. The van der Waals surface area contributed by atoms with Gasteiger partial charge in [-0.2, -0.15) is 0 Å². The molecular formula is C23H25N3O4. The SMILES string of the molecule is Cn1c2c(c3cccc(CN4CCCC4)c31)-c1[nH]c(=O)c(C(=O)O)c(O)c1CCC2. The predicted octanol–water partition coefficient (Wildman–Crippen LogP) is 3.02. The van der Waals surface area contributed by atoms with Gasteiger partial charge < -0.3 is 19.8 Å². The first kappa shape index (κ1) is 18.9. The van der Waals surface area contributed by atoms with Gasteiger partial charge >= 0.3 is 5.97 Å². The van der Waals surface area contributed by atoms with Crippen molar-refractivity contribution >= 4 is 16.9 Å². The molecule has 1 aromatic carbocycles. The number of carboxylic acid groups (broad SMARTS) is 1. The van der Waals surface area contributed by atoms with E-state index in [1.54, 1.807) is 0 Å². The number of nitrogens with one attached hydrogen (secondary N) is 1. The van der Waals surface area contributed by atoms with E-state index in [2.05, 4.69) is 33.6 Å². The molecule has 0 radical (unpaired) electrons. The average Bonchev–Trinajstić information content (AvgIpc) is 3.24. The molecule has 0 unspecified atom stereocenters. The number of likely N-dealkylation sites (tertiary alicyclic amines) is 1. The number of aryl methyl sites for hydroxylation is 1. The van der Waals surface area contributed by atoms with Crippen molar-refractivity contribution in [1.82, 2.24) is 14.5 Å². The molecule has 0 amide bonds. The zero-order valence-electron chi connectivity index (χ0n) is 17.0. The average molecular weight is 407 g/mol. The first-order valence-corrected chi connectivity index (χ1v) is 10.5. The molecule has 0 saturated carbocycles. The van der Waals surface area contributed by atoms with Crippen molar-refractivity contribution in [3.63, 3.8) is 0 Å². The normalized spacial score (nSPS) is 16.4. The third-order valence-corrected chi connectivity index (χ3v) is 6.60. The minimum atomic E-state index is -1.41. The maximum atomic E-state index is 12.5. The number of hydrogen-bond donors (Lipinski definition) is 3. The maximum absolute atomic E-state index is 12.5. The van der Waals surface area contributed by atoms with Gasteiger partial charge in [0.2, 0.25) is 0 Å². The topological polar surface area (TPSA) is 98.6 Å². The highest BCUT2D eigenvalue weighted by atomic mass is 16.4. The van der Waals surface area contributed by atoms with E-state index < -0.39 is 22.8 Å². The van der Waals surface area contributed by atoms with Gasteiger partial charge in [0.1, 0.15) is 5.75 Å². The first-order valence-electron chi connectivity index (χ1n) is 10.5. The molecule has 1 saturated heterocycles. The van der Waals surface area contributed by atoms with Crippen LogP contribution in [0.1, 0.15) is 46.4 Å². The van der Waals surface area contributed by atoms with Crippen LogP contribution in [0.3, 0.4) is 0 Å². The quantitative estimate of drug-likeness (QED) is 0.620. The number of carboxylic acids is 1. The van der Waals surface area contributed by atoms with E-state index >= 15 is 0 Å². The number of aromatic amines is 1. The summed E-state index contributed by atoms with van der Waals surface area (Å²) in [7, 11) is 2.06. The van der Waals surface area contributed by atoms with Crippen LogP contribution < -0.4 is 5.56 Å². The largest absolute Gasteiger partial charge is 0.506 e. The van der Waals surface area contributed by atoms with E-state index in [-0.39, 0.29) is 0 Å². The molecule has 2 aliphatic rings. The minimum Gasteiger partial charge on any atom is -0.506 e. The summed E-state index contributed by atoms with van der Waals surface area (Å²) in [5, 5.41) is 21.1. The molecule has 1 aliphatic heterocycles. The Morgan fingerprint density at radius 1 is 1.17 bits per heavy atom. The Morgan fingerprint density at radius 3 is 2.67 bits per heavy atom. The van der Waals surface area contributed by atoms with Gasteiger partial charge in [0.15, 0.2) is 5.56 Å². The molecule has 0 bridgehead atoms. The number of hydrogen-bond acceptors (Lipinski definition) is 4. The van der Waals surface area contributed by atoms with Crippen LogP contribution in [0.5, 0.6) is 5.75 Å². The number of aromatic nitrogens is 2. The number of aromatic hydroxyl groups is 1. The van der Waals surface area contributed by atoms with Gasteiger partial charge in [0.25, 0.3) is 5.56 Å². The molecule has 3 N–H and O–H groups in total. The fourth-order valence-electron chi connectivity index (χ4n) is 5.24. The van der Waals surface area contributed by atoms with Gasteiger partial charge in [-0.25, -0.2) is 4.79 Å². The molecule has 5 rings (SSSR count). The van der Waals surface area contributed by atoms with Crippen LogP contribution in [-0.2, 0) is 26.4 Å². The van der Waals surface area contributed by atoms with Gasteiger partial charge in [0, 0.05) is 35.8 Å². The minimum absolute atomic E-state index is 0.403. The van der Waals surface area contributed by atoms with Crippen LogP contribution in [0.25, 0.3) is 22.2 Å². The molecule has 0 spiro atoms. The van der Waals surface area contributed by atoms with Crippen molar-refractivity contribution in [2.45, 2.75) is 38.6 Å². The van der Waals surface area contributed by atoms with Gasteiger partial charge in [0.05, 0.1) is 11.2 Å². The van der Waals surface area contributed by atoms with Gasteiger partial charge in [-0.05, 0) is 50.8 Å². The summed E-state index contributed by atoms with van der Waals surface area (Å²) in [5.74, 6) is -1.81. The van der Waals surface area contributed by atoms with Gasteiger partial charge in [-0.1, -0.05) is 18.2 Å². The van der Waals surface area contributed by atoms with E-state index in [1.165, 1.54) is 18.4 Å². The van der Waals surface area contributed by atoms with Gasteiger partial charge in [-0.3, -0.25) is 9.69 Å². The first-order chi connectivity index (χ1) is 14.5. The van der Waals surface area contributed by atoms with Crippen LogP contribution in [0.15, 0.2) is 23.0 Å². The molecule has 2 aromatic heterocycles. The number of carbonyl (C=O) groups is 1. The zero-order valence-corrected chi connectivity index (χ0v) is 17.0. The summed E-state index contributed by atoms with van der Waals surface area (Å²) in [5.41, 5.74) is 4.14. The lowest BCUT2D eigenvalue weighted by molar-refractivity contribution is 0.0691. The monoisotopic (exact) mass is 407 g/mol. The van der Waals surface area contributed by atoms with Crippen molar-refractivity contribution < 1.29 is 15.0 Å². The smallest absolute Gasteiger partial charge is 0.345 e. The number of fused-ring (bicyclic) bond motifs is 5. The second kappa shape index (κ2) is 7.02. The third kappa shape index (κ3) is 2.76.